The molecule has 0 aliphatic heterocycles. The highest BCUT2D eigenvalue weighted by Gasteiger charge is 2.21. The summed E-state index contributed by atoms with van der Waals surface area (Å²) >= 11 is 0. The molecule has 1 aromatic rings. The molecule has 1 fully saturated rings. The highest BCUT2D eigenvalue weighted by molar-refractivity contribution is 5.25. The van der Waals surface area contributed by atoms with E-state index in [9.17, 15) is 0 Å². The van der Waals surface area contributed by atoms with E-state index in [-0.39, 0.29) is 0 Å². The summed E-state index contributed by atoms with van der Waals surface area (Å²) in [7, 11) is 0. The number of ether oxygens (including phenoxy) is 1. The first kappa shape index (κ1) is 15.6. The topological polar surface area (TPSA) is 9.23 Å². The molecule has 2 rings (SSSR count). The van der Waals surface area contributed by atoms with Gasteiger partial charge in [-0.2, -0.15) is 0 Å². The van der Waals surface area contributed by atoms with Crippen LogP contribution in [-0.2, 0) is 11.3 Å². The molecule has 1 heteroatoms. The van der Waals surface area contributed by atoms with E-state index in [0.29, 0.717) is 0 Å². The van der Waals surface area contributed by atoms with Gasteiger partial charge in [0.1, 0.15) is 0 Å². The van der Waals surface area contributed by atoms with Gasteiger partial charge in [0.05, 0.1) is 6.61 Å². The second kappa shape index (κ2) is 8.46. The molecule has 0 N–H and O–H groups in total. The fraction of sp³-hybridized carbons (Fsp3) is 0.684. The van der Waals surface area contributed by atoms with E-state index in [1.165, 1.54) is 44.1 Å². The number of hydrogen-bond donors (Lipinski definition) is 0. The lowest BCUT2D eigenvalue weighted by Gasteiger charge is -2.28. The van der Waals surface area contributed by atoms with Gasteiger partial charge in [0.2, 0.25) is 0 Å². The van der Waals surface area contributed by atoms with Crippen LogP contribution in [-0.4, -0.2) is 6.61 Å². The van der Waals surface area contributed by atoms with Gasteiger partial charge in [-0.15, -0.1) is 0 Å². The van der Waals surface area contributed by atoms with E-state index in [1.54, 1.807) is 5.56 Å². The maximum atomic E-state index is 5.60. The molecular formula is C19H30O. The second-order valence-corrected chi connectivity index (χ2v) is 6.30. The smallest absolute Gasteiger partial charge is 0.0716 e. The summed E-state index contributed by atoms with van der Waals surface area (Å²) in [6, 6.07) is 9.16. The Balaban J connectivity index is 1.81. The van der Waals surface area contributed by atoms with Crippen LogP contribution in [0.1, 0.15) is 75.8 Å². The van der Waals surface area contributed by atoms with E-state index < -0.39 is 0 Å². The Hall–Kier alpha value is -0.820. The molecule has 1 aromatic carbocycles. The third-order valence-electron chi connectivity index (χ3n) is 4.61. The van der Waals surface area contributed by atoms with Gasteiger partial charge in [-0.3, -0.25) is 0 Å². The lowest BCUT2D eigenvalue weighted by molar-refractivity contribution is 0.121. The number of rotatable bonds is 7. The number of hydrogen-bond acceptors (Lipinski definition) is 1. The summed E-state index contributed by atoms with van der Waals surface area (Å²) in [6.07, 6.45) is 9.51. The third-order valence-corrected chi connectivity index (χ3v) is 4.61. The summed E-state index contributed by atoms with van der Waals surface area (Å²) in [4.78, 5) is 0. The molecule has 0 heterocycles. The molecule has 0 unspecified atom stereocenters. The molecular weight excluding hydrogens is 244 g/mol. The molecule has 0 amide bonds. The lowest BCUT2D eigenvalue weighted by atomic mass is 9.77. The van der Waals surface area contributed by atoms with Crippen LogP contribution in [0, 0.1) is 5.92 Å². The first-order valence-corrected chi connectivity index (χ1v) is 8.50. The highest BCUT2D eigenvalue weighted by Crippen LogP contribution is 2.37. The number of benzene rings is 1. The summed E-state index contributed by atoms with van der Waals surface area (Å²) in [5, 5.41) is 0. The van der Waals surface area contributed by atoms with E-state index in [2.05, 4.69) is 38.1 Å². The highest BCUT2D eigenvalue weighted by atomic mass is 16.5. The largest absolute Gasteiger partial charge is 0.377 e. The molecule has 0 aromatic heterocycles. The van der Waals surface area contributed by atoms with E-state index in [1.807, 2.05) is 0 Å². The molecule has 112 valence electrons. The van der Waals surface area contributed by atoms with Gasteiger partial charge in [0.15, 0.2) is 0 Å². The maximum Gasteiger partial charge on any atom is 0.0716 e. The van der Waals surface area contributed by atoms with Crippen molar-refractivity contribution >= 4 is 0 Å². The molecule has 0 bridgehead atoms. The fourth-order valence-corrected chi connectivity index (χ4v) is 3.41. The van der Waals surface area contributed by atoms with Crippen LogP contribution in [0.4, 0.5) is 0 Å². The summed E-state index contributed by atoms with van der Waals surface area (Å²) < 4.78 is 5.60. The predicted molar refractivity (Wildman–Crippen MR) is 86.0 cm³/mol. The van der Waals surface area contributed by atoms with Gasteiger partial charge in [-0.25, -0.2) is 0 Å². The van der Waals surface area contributed by atoms with E-state index in [0.717, 1.165) is 31.5 Å². The van der Waals surface area contributed by atoms with Crippen molar-refractivity contribution < 1.29 is 4.74 Å². The van der Waals surface area contributed by atoms with Crippen molar-refractivity contribution in [2.24, 2.45) is 5.92 Å². The van der Waals surface area contributed by atoms with Crippen LogP contribution in [0.2, 0.25) is 0 Å². The quantitative estimate of drug-likeness (QED) is 0.581. The molecule has 1 saturated carbocycles. The Bertz CT molecular complexity index is 360. The van der Waals surface area contributed by atoms with Crippen molar-refractivity contribution in [2.45, 2.75) is 71.3 Å². The van der Waals surface area contributed by atoms with Crippen LogP contribution >= 0.6 is 0 Å². The standard InChI is InChI=1S/C19H30O/c1-3-5-16-6-10-18(11-7-16)19-12-8-17(9-13-19)15-20-14-4-2/h8-9,12-13,16,18H,3-7,10-11,14-15H2,1-2H3. The van der Waals surface area contributed by atoms with Crippen molar-refractivity contribution in [3.8, 4) is 0 Å². The Morgan fingerprint density at radius 1 is 0.950 bits per heavy atom. The predicted octanol–water partition coefficient (Wildman–Crippen LogP) is 5.69. The van der Waals surface area contributed by atoms with Crippen LogP contribution < -0.4 is 0 Å². The van der Waals surface area contributed by atoms with Gasteiger partial charge in [0.25, 0.3) is 0 Å². The lowest BCUT2D eigenvalue weighted by Crippen LogP contribution is -2.13. The minimum Gasteiger partial charge on any atom is -0.377 e. The Morgan fingerprint density at radius 2 is 1.65 bits per heavy atom. The van der Waals surface area contributed by atoms with Gasteiger partial charge >= 0.3 is 0 Å². The van der Waals surface area contributed by atoms with E-state index in [4.69, 9.17) is 4.74 Å². The maximum absolute atomic E-state index is 5.60. The Labute approximate surface area is 124 Å². The van der Waals surface area contributed by atoms with Crippen molar-refractivity contribution in [1.29, 1.82) is 0 Å². The van der Waals surface area contributed by atoms with Crippen molar-refractivity contribution in [3.05, 3.63) is 35.4 Å². The van der Waals surface area contributed by atoms with Gasteiger partial charge in [0, 0.05) is 6.61 Å². The molecule has 1 nitrogen and oxygen atoms in total. The Kier molecular flexibility index (Phi) is 6.59. The zero-order valence-corrected chi connectivity index (χ0v) is 13.2. The summed E-state index contributed by atoms with van der Waals surface area (Å²) in [5.74, 6) is 1.80. The van der Waals surface area contributed by atoms with Gasteiger partial charge in [-0.05, 0) is 55.1 Å². The second-order valence-electron chi connectivity index (χ2n) is 6.30. The third kappa shape index (κ3) is 4.63. The van der Waals surface area contributed by atoms with Gasteiger partial charge < -0.3 is 4.74 Å². The average molecular weight is 274 g/mol. The molecule has 20 heavy (non-hydrogen) atoms. The molecule has 0 radical (unpaired) electrons. The van der Waals surface area contributed by atoms with Gasteiger partial charge in [-0.1, -0.05) is 51.0 Å². The van der Waals surface area contributed by atoms with Crippen LogP contribution in [0.25, 0.3) is 0 Å². The van der Waals surface area contributed by atoms with Crippen molar-refractivity contribution in [3.63, 3.8) is 0 Å². The minimum atomic E-state index is 0.761. The first-order valence-electron chi connectivity index (χ1n) is 8.50. The molecule has 1 aliphatic carbocycles. The van der Waals surface area contributed by atoms with E-state index >= 15 is 0 Å². The normalized spacial score (nSPS) is 22.9. The zero-order valence-electron chi connectivity index (χ0n) is 13.2. The minimum absolute atomic E-state index is 0.761. The summed E-state index contributed by atoms with van der Waals surface area (Å²) in [6.45, 7) is 6.09. The SMILES string of the molecule is CCCOCc1ccc(C2CCC(CCC)CC2)cc1. The van der Waals surface area contributed by atoms with Crippen molar-refractivity contribution in [1.82, 2.24) is 0 Å². The fourth-order valence-electron chi connectivity index (χ4n) is 3.41. The summed E-state index contributed by atoms with van der Waals surface area (Å²) in [5.41, 5.74) is 2.85. The van der Waals surface area contributed by atoms with Crippen LogP contribution in [0.3, 0.4) is 0 Å². The Morgan fingerprint density at radius 3 is 2.25 bits per heavy atom. The molecule has 0 saturated heterocycles. The van der Waals surface area contributed by atoms with Crippen LogP contribution in [0.15, 0.2) is 24.3 Å². The van der Waals surface area contributed by atoms with Crippen molar-refractivity contribution in [2.75, 3.05) is 6.61 Å². The molecule has 1 aliphatic rings. The molecule has 0 atom stereocenters. The van der Waals surface area contributed by atoms with Crippen LogP contribution in [0.5, 0.6) is 0 Å². The molecule has 0 spiro atoms. The first-order chi connectivity index (χ1) is 9.83. The average Bonchev–Trinajstić information content (AvgIpc) is 2.49. The zero-order chi connectivity index (χ0) is 14.2. The monoisotopic (exact) mass is 274 g/mol.